The van der Waals surface area contributed by atoms with Crippen LogP contribution in [-0.4, -0.2) is 49.7 Å². The second kappa shape index (κ2) is 10.2. The van der Waals surface area contributed by atoms with Gasteiger partial charge >= 0.3 is 5.97 Å². The fraction of sp³-hybridized carbons (Fsp3) is 0.391. The number of benzene rings is 2. The number of anilines is 1. The number of carbonyl (C=O) groups excluding carboxylic acids is 2. The predicted octanol–water partition coefficient (Wildman–Crippen LogP) is 3.40. The van der Waals surface area contributed by atoms with Crippen molar-refractivity contribution in [3.63, 3.8) is 0 Å². The van der Waals surface area contributed by atoms with E-state index in [1.165, 1.54) is 7.11 Å². The van der Waals surface area contributed by atoms with Crippen LogP contribution in [0.5, 0.6) is 0 Å². The molecule has 154 valence electrons. The summed E-state index contributed by atoms with van der Waals surface area (Å²) in [6.07, 6.45) is 2.25. The Labute approximate surface area is 171 Å². The van der Waals surface area contributed by atoms with Crippen molar-refractivity contribution in [2.24, 2.45) is 0 Å². The minimum Gasteiger partial charge on any atom is -0.465 e. The van der Waals surface area contributed by atoms with E-state index in [9.17, 15) is 9.59 Å². The summed E-state index contributed by atoms with van der Waals surface area (Å²) < 4.78 is 10.5. The molecule has 0 saturated carbocycles. The van der Waals surface area contributed by atoms with Gasteiger partial charge in [-0.1, -0.05) is 36.4 Å². The molecule has 1 saturated heterocycles. The Balaban J connectivity index is 1.68. The molecule has 6 nitrogen and oxygen atoms in total. The Kier molecular flexibility index (Phi) is 7.38. The fourth-order valence-corrected chi connectivity index (χ4v) is 3.50. The van der Waals surface area contributed by atoms with Crippen molar-refractivity contribution < 1.29 is 19.1 Å². The molecule has 6 heteroatoms. The fourth-order valence-electron chi connectivity index (χ4n) is 3.50. The standard InChI is InChI=1S/C23H28N2O4/c1-17-10-11-19(23(27)28-2)13-21(17)24-22(26)16-25(15-20-9-6-12-29-20)14-18-7-4-3-5-8-18/h3-5,7-8,10-11,13,20H,6,9,12,14-16H2,1-2H3,(H,24,26). The summed E-state index contributed by atoms with van der Waals surface area (Å²) in [5, 5.41) is 2.94. The van der Waals surface area contributed by atoms with Crippen LogP contribution in [0.1, 0.15) is 34.3 Å². The van der Waals surface area contributed by atoms with E-state index in [0.29, 0.717) is 24.3 Å². The van der Waals surface area contributed by atoms with Gasteiger partial charge in [0.15, 0.2) is 0 Å². The van der Waals surface area contributed by atoms with Crippen LogP contribution in [-0.2, 0) is 20.8 Å². The summed E-state index contributed by atoms with van der Waals surface area (Å²) in [7, 11) is 1.34. The number of ether oxygens (including phenoxy) is 2. The maximum Gasteiger partial charge on any atom is 0.337 e. The van der Waals surface area contributed by atoms with Gasteiger partial charge in [-0.15, -0.1) is 0 Å². The second-order valence-electron chi connectivity index (χ2n) is 7.36. The third kappa shape index (κ3) is 6.14. The van der Waals surface area contributed by atoms with Crippen molar-refractivity contribution in [3.8, 4) is 0 Å². The molecule has 0 bridgehead atoms. The number of hydrogen-bond donors (Lipinski definition) is 1. The number of nitrogens with zero attached hydrogens (tertiary/aromatic N) is 1. The number of hydrogen-bond acceptors (Lipinski definition) is 5. The number of methoxy groups -OCH3 is 1. The first-order valence-electron chi connectivity index (χ1n) is 9.92. The van der Waals surface area contributed by atoms with Crippen LogP contribution in [0.3, 0.4) is 0 Å². The number of amides is 1. The maximum absolute atomic E-state index is 12.8. The smallest absolute Gasteiger partial charge is 0.337 e. The molecule has 2 aromatic rings. The van der Waals surface area contributed by atoms with E-state index in [1.54, 1.807) is 18.2 Å². The largest absolute Gasteiger partial charge is 0.465 e. The molecule has 2 aromatic carbocycles. The van der Waals surface area contributed by atoms with Gasteiger partial charge < -0.3 is 14.8 Å². The van der Waals surface area contributed by atoms with E-state index in [4.69, 9.17) is 9.47 Å². The molecule has 3 rings (SSSR count). The quantitative estimate of drug-likeness (QED) is 0.693. The Morgan fingerprint density at radius 1 is 1.21 bits per heavy atom. The molecule has 0 spiro atoms. The first-order chi connectivity index (χ1) is 14.0. The summed E-state index contributed by atoms with van der Waals surface area (Å²) in [5.74, 6) is -0.548. The third-order valence-corrected chi connectivity index (χ3v) is 5.03. The Morgan fingerprint density at radius 3 is 2.69 bits per heavy atom. The Morgan fingerprint density at radius 2 is 2.00 bits per heavy atom. The molecule has 29 heavy (non-hydrogen) atoms. The van der Waals surface area contributed by atoms with E-state index in [0.717, 1.165) is 30.6 Å². The highest BCUT2D eigenvalue weighted by molar-refractivity contribution is 5.96. The van der Waals surface area contributed by atoms with Crippen molar-refractivity contribution >= 4 is 17.6 Å². The third-order valence-electron chi connectivity index (χ3n) is 5.03. The molecule has 0 aromatic heterocycles. The van der Waals surface area contributed by atoms with Crippen molar-refractivity contribution in [1.29, 1.82) is 0 Å². The highest BCUT2D eigenvalue weighted by Gasteiger charge is 2.21. The van der Waals surface area contributed by atoms with Gasteiger partial charge in [0, 0.05) is 25.4 Å². The van der Waals surface area contributed by atoms with Gasteiger partial charge in [0.1, 0.15) is 0 Å². The lowest BCUT2D eigenvalue weighted by molar-refractivity contribution is -0.117. The molecule has 1 fully saturated rings. The molecular weight excluding hydrogens is 368 g/mol. The molecular formula is C23H28N2O4. The van der Waals surface area contributed by atoms with Crippen LogP contribution < -0.4 is 5.32 Å². The topological polar surface area (TPSA) is 67.9 Å². The van der Waals surface area contributed by atoms with E-state index >= 15 is 0 Å². The molecule has 0 aliphatic carbocycles. The lowest BCUT2D eigenvalue weighted by atomic mass is 10.1. The Hall–Kier alpha value is -2.70. The van der Waals surface area contributed by atoms with Gasteiger partial charge in [-0.2, -0.15) is 0 Å². The first-order valence-corrected chi connectivity index (χ1v) is 9.92. The van der Waals surface area contributed by atoms with E-state index in [2.05, 4.69) is 22.3 Å². The van der Waals surface area contributed by atoms with Crippen molar-refractivity contribution in [1.82, 2.24) is 4.90 Å². The summed E-state index contributed by atoms with van der Waals surface area (Å²) in [4.78, 5) is 26.7. The van der Waals surface area contributed by atoms with Gasteiger partial charge in [0.25, 0.3) is 0 Å². The zero-order valence-electron chi connectivity index (χ0n) is 17.0. The molecule has 1 heterocycles. The molecule has 1 aliphatic rings. The van der Waals surface area contributed by atoms with Gasteiger partial charge in [0.05, 0.1) is 25.3 Å². The average Bonchev–Trinajstić information content (AvgIpc) is 3.22. The summed E-state index contributed by atoms with van der Waals surface area (Å²) in [6, 6.07) is 15.3. The van der Waals surface area contributed by atoms with Crippen molar-refractivity contribution in [2.75, 3.05) is 32.1 Å². The summed E-state index contributed by atoms with van der Waals surface area (Å²) in [5.41, 5.74) is 3.07. The zero-order valence-corrected chi connectivity index (χ0v) is 17.0. The van der Waals surface area contributed by atoms with Gasteiger partial charge in [-0.3, -0.25) is 9.69 Å². The van der Waals surface area contributed by atoms with E-state index < -0.39 is 5.97 Å². The van der Waals surface area contributed by atoms with Crippen molar-refractivity contribution in [2.45, 2.75) is 32.4 Å². The van der Waals surface area contributed by atoms with Gasteiger partial charge in [-0.05, 0) is 43.0 Å². The highest BCUT2D eigenvalue weighted by atomic mass is 16.5. The number of nitrogens with one attached hydrogen (secondary N) is 1. The minimum atomic E-state index is -0.426. The van der Waals surface area contributed by atoms with Crippen LogP contribution in [0.4, 0.5) is 5.69 Å². The SMILES string of the molecule is COC(=O)c1ccc(C)c(NC(=O)CN(Cc2ccccc2)CC2CCCO2)c1. The number of carbonyl (C=O) groups is 2. The number of aryl methyl sites for hydroxylation is 1. The lowest BCUT2D eigenvalue weighted by Crippen LogP contribution is -2.38. The first kappa shape index (κ1) is 21.0. The molecule has 1 N–H and O–H groups in total. The molecule has 1 unspecified atom stereocenters. The summed E-state index contributed by atoms with van der Waals surface area (Å²) >= 11 is 0. The predicted molar refractivity (Wildman–Crippen MR) is 112 cm³/mol. The van der Waals surface area contributed by atoms with Crippen LogP contribution in [0.25, 0.3) is 0 Å². The minimum absolute atomic E-state index is 0.121. The van der Waals surface area contributed by atoms with Crippen molar-refractivity contribution in [3.05, 3.63) is 65.2 Å². The van der Waals surface area contributed by atoms with Crippen LogP contribution in [0.2, 0.25) is 0 Å². The molecule has 1 amide bonds. The van der Waals surface area contributed by atoms with Crippen LogP contribution in [0.15, 0.2) is 48.5 Å². The normalized spacial score (nSPS) is 16.0. The maximum atomic E-state index is 12.8. The molecule has 1 atom stereocenters. The monoisotopic (exact) mass is 396 g/mol. The Bertz CT molecular complexity index is 832. The van der Waals surface area contributed by atoms with E-state index in [-0.39, 0.29) is 18.6 Å². The molecule has 1 aliphatic heterocycles. The summed E-state index contributed by atoms with van der Waals surface area (Å²) in [6.45, 7) is 4.32. The average molecular weight is 396 g/mol. The number of rotatable bonds is 8. The van der Waals surface area contributed by atoms with Gasteiger partial charge in [-0.25, -0.2) is 4.79 Å². The highest BCUT2D eigenvalue weighted by Crippen LogP contribution is 2.19. The van der Waals surface area contributed by atoms with E-state index in [1.807, 2.05) is 25.1 Å². The van der Waals surface area contributed by atoms with Gasteiger partial charge in [0.2, 0.25) is 5.91 Å². The molecule has 0 radical (unpaired) electrons. The lowest BCUT2D eigenvalue weighted by Gasteiger charge is -2.25. The van der Waals surface area contributed by atoms with Crippen LogP contribution >= 0.6 is 0 Å². The number of esters is 1. The zero-order chi connectivity index (χ0) is 20.6. The second-order valence-corrected chi connectivity index (χ2v) is 7.36. The van der Waals surface area contributed by atoms with Crippen LogP contribution in [0, 0.1) is 6.92 Å².